The van der Waals surface area contributed by atoms with Crippen LogP contribution >= 0.6 is 0 Å². The molecule has 0 fully saturated rings. The summed E-state index contributed by atoms with van der Waals surface area (Å²) >= 11 is 0. The van der Waals surface area contributed by atoms with Gasteiger partial charge in [0.15, 0.2) is 0 Å². The first kappa shape index (κ1) is 21.7. The van der Waals surface area contributed by atoms with E-state index in [0.29, 0.717) is 6.54 Å². The van der Waals surface area contributed by atoms with Crippen molar-refractivity contribution in [3.63, 3.8) is 0 Å². The minimum atomic E-state index is -1.15. The third-order valence-electron chi connectivity index (χ3n) is 6.45. The molecule has 3 nitrogen and oxygen atoms in total. The van der Waals surface area contributed by atoms with Gasteiger partial charge in [-0.25, -0.2) is 0 Å². The summed E-state index contributed by atoms with van der Waals surface area (Å²) in [6, 6.07) is 23.0. The molecule has 1 N–H and O–H groups in total. The van der Waals surface area contributed by atoms with Crippen LogP contribution < -0.4 is 10.2 Å². The Labute approximate surface area is 187 Å². The number of aliphatic hydroxyl groups is 1. The summed E-state index contributed by atoms with van der Waals surface area (Å²) in [6.07, 6.45) is 0. The van der Waals surface area contributed by atoms with Gasteiger partial charge in [-0.2, -0.15) is 0 Å². The molecule has 4 rings (SSSR count). The van der Waals surface area contributed by atoms with Crippen molar-refractivity contribution < 1.29 is 9.84 Å². The van der Waals surface area contributed by atoms with E-state index in [9.17, 15) is 5.11 Å². The number of hydrogen-bond donors (Lipinski definition) is 1. The average molecular weight is 413 g/mol. The van der Waals surface area contributed by atoms with Gasteiger partial charge < -0.3 is 9.84 Å². The van der Waals surface area contributed by atoms with Crippen molar-refractivity contribution in [1.82, 2.24) is 4.90 Å². The number of hydrogen-bond acceptors (Lipinski definition) is 3. The molecule has 3 aromatic carbocycles. The minimum Gasteiger partial charge on any atom is -0.496 e. The smallest absolute Gasteiger partial charge is 0.139 e. The predicted octanol–water partition coefficient (Wildman–Crippen LogP) is 3.50. The highest BCUT2D eigenvalue weighted by Crippen LogP contribution is 2.42. The van der Waals surface area contributed by atoms with Gasteiger partial charge in [0.2, 0.25) is 0 Å². The van der Waals surface area contributed by atoms with Gasteiger partial charge in [0.05, 0.1) is 7.11 Å². The quantitative estimate of drug-likeness (QED) is 0.665. The lowest BCUT2D eigenvalue weighted by molar-refractivity contribution is 0.0139. The van der Waals surface area contributed by atoms with Crippen molar-refractivity contribution >= 4 is 13.3 Å². The first-order valence-corrected chi connectivity index (χ1v) is 11.0. The summed E-state index contributed by atoms with van der Waals surface area (Å²) < 4.78 is 5.75. The summed E-state index contributed by atoms with van der Waals surface area (Å²) in [5.41, 5.74) is 5.50. The number of nitrogens with zero attached hydrogens (tertiary/aromatic N) is 1. The summed E-state index contributed by atoms with van der Waals surface area (Å²) in [5.74, 6) is 0.726. The van der Waals surface area contributed by atoms with Gasteiger partial charge in [-0.15, -0.1) is 0 Å². The molecule has 0 aliphatic carbocycles. The topological polar surface area (TPSA) is 32.7 Å². The van der Waals surface area contributed by atoms with E-state index in [-0.39, 0.29) is 5.41 Å². The second kappa shape index (κ2) is 8.18. The zero-order chi connectivity index (χ0) is 22.2. The highest BCUT2D eigenvalue weighted by Gasteiger charge is 2.42. The largest absolute Gasteiger partial charge is 0.496 e. The Morgan fingerprint density at radius 2 is 1.74 bits per heavy atom. The lowest BCUT2D eigenvalue weighted by Crippen LogP contribution is -2.48. The highest BCUT2D eigenvalue weighted by molar-refractivity contribution is 6.33. The van der Waals surface area contributed by atoms with E-state index in [1.165, 1.54) is 22.2 Å². The maximum Gasteiger partial charge on any atom is 0.139 e. The number of ether oxygens (including phenoxy) is 1. The van der Waals surface area contributed by atoms with Crippen LogP contribution in [0.3, 0.4) is 0 Å². The van der Waals surface area contributed by atoms with E-state index in [1.54, 1.807) is 7.11 Å². The average Bonchev–Trinajstić information content (AvgIpc) is 2.74. The van der Waals surface area contributed by atoms with Crippen LogP contribution in [0.25, 0.3) is 0 Å². The third-order valence-corrected chi connectivity index (χ3v) is 6.45. The van der Waals surface area contributed by atoms with Gasteiger partial charge in [-0.3, -0.25) is 4.90 Å². The van der Waals surface area contributed by atoms with E-state index in [1.807, 2.05) is 18.2 Å². The molecule has 160 valence electrons. The van der Waals surface area contributed by atoms with Crippen LogP contribution in [0, 0.1) is 0 Å². The molecule has 1 unspecified atom stereocenters. The van der Waals surface area contributed by atoms with Crippen LogP contribution in [-0.4, -0.2) is 31.5 Å². The molecular weight excluding hydrogens is 381 g/mol. The molecule has 0 saturated heterocycles. The van der Waals surface area contributed by atoms with Crippen molar-refractivity contribution in [3.8, 4) is 5.75 Å². The summed E-state index contributed by atoms with van der Waals surface area (Å²) in [6.45, 7) is 8.72. The first-order chi connectivity index (χ1) is 14.7. The Bertz CT molecular complexity index is 1070. The van der Waals surface area contributed by atoms with E-state index in [2.05, 4.69) is 82.0 Å². The molecule has 0 aromatic heterocycles. The van der Waals surface area contributed by atoms with Gasteiger partial charge in [0, 0.05) is 25.2 Å². The van der Waals surface area contributed by atoms with Crippen LogP contribution in [0.1, 0.15) is 48.6 Å². The fraction of sp³-hybridized carbons (Fsp3) is 0.333. The normalized spacial score (nSPS) is 19.1. The number of benzene rings is 3. The molecular formula is C27H32BNO2. The first-order valence-electron chi connectivity index (χ1n) is 11.0. The van der Waals surface area contributed by atoms with Crippen LogP contribution in [0.15, 0.2) is 66.7 Å². The van der Waals surface area contributed by atoms with Crippen LogP contribution in [0.5, 0.6) is 5.75 Å². The minimum absolute atomic E-state index is 0.0226. The second-order valence-electron chi connectivity index (χ2n) is 9.76. The Balaban J connectivity index is 1.86. The number of fused-ring (bicyclic) bond motifs is 1. The number of rotatable bonds is 4. The van der Waals surface area contributed by atoms with E-state index in [4.69, 9.17) is 4.74 Å². The standard InChI is InChI=1S/C27H32BNO2/c1-26(2,3)20-13-14-25(31-4)23(15-20)27(30)18-29(16-19-9-6-5-7-10-19)17-21-22(27)11-8-12-24(21)28/h5-15,30H,16-18,28H2,1-4H3. The SMILES string of the molecule is Bc1cccc2c1CN(Cc1ccccc1)CC2(O)c1cc(C(C)(C)C)ccc1OC. The van der Waals surface area contributed by atoms with Gasteiger partial charge >= 0.3 is 0 Å². The molecule has 1 heterocycles. The molecule has 31 heavy (non-hydrogen) atoms. The molecule has 0 bridgehead atoms. The fourth-order valence-corrected chi connectivity index (χ4v) is 4.67. The van der Waals surface area contributed by atoms with Gasteiger partial charge in [-0.1, -0.05) is 80.8 Å². The Morgan fingerprint density at radius 3 is 2.42 bits per heavy atom. The van der Waals surface area contributed by atoms with Crippen LogP contribution in [0.2, 0.25) is 0 Å². The Kier molecular flexibility index (Phi) is 5.72. The molecule has 0 saturated carbocycles. The zero-order valence-corrected chi connectivity index (χ0v) is 19.3. The third kappa shape index (κ3) is 4.15. The van der Waals surface area contributed by atoms with E-state index in [0.717, 1.165) is 30.0 Å². The van der Waals surface area contributed by atoms with E-state index < -0.39 is 5.60 Å². The van der Waals surface area contributed by atoms with Gasteiger partial charge in [-0.05, 0) is 39.8 Å². The van der Waals surface area contributed by atoms with Crippen LogP contribution in [-0.2, 0) is 24.1 Å². The second-order valence-corrected chi connectivity index (χ2v) is 9.76. The molecule has 0 radical (unpaired) electrons. The summed E-state index contributed by atoms with van der Waals surface area (Å²) in [7, 11) is 3.81. The summed E-state index contributed by atoms with van der Waals surface area (Å²) in [5, 5.41) is 12.3. The number of methoxy groups -OCH3 is 1. The highest BCUT2D eigenvalue weighted by atomic mass is 16.5. The molecule has 3 aromatic rings. The zero-order valence-electron chi connectivity index (χ0n) is 19.3. The maximum atomic E-state index is 12.3. The molecule has 0 spiro atoms. The van der Waals surface area contributed by atoms with Crippen molar-refractivity contribution in [3.05, 3.63) is 94.5 Å². The summed E-state index contributed by atoms with van der Waals surface area (Å²) in [4.78, 5) is 2.34. The van der Waals surface area contributed by atoms with Crippen molar-refractivity contribution in [2.75, 3.05) is 13.7 Å². The predicted molar refractivity (Wildman–Crippen MR) is 130 cm³/mol. The van der Waals surface area contributed by atoms with Crippen molar-refractivity contribution in [2.45, 2.75) is 44.9 Å². The molecule has 4 heteroatoms. The maximum absolute atomic E-state index is 12.3. The lowest BCUT2D eigenvalue weighted by atomic mass is 9.74. The van der Waals surface area contributed by atoms with Crippen molar-refractivity contribution in [1.29, 1.82) is 0 Å². The van der Waals surface area contributed by atoms with Crippen LogP contribution in [0.4, 0.5) is 0 Å². The van der Waals surface area contributed by atoms with Gasteiger partial charge in [0.1, 0.15) is 19.2 Å². The Morgan fingerprint density at radius 1 is 1.00 bits per heavy atom. The molecule has 1 atom stereocenters. The number of β-amino-alcohol motifs (C(OH)–C–C–N with tert-alkyl or cyclic N) is 1. The fourth-order valence-electron chi connectivity index (χ4n) is 4.67. The van der Waals surface area contributed by atoms with Gasteiger partial charge in [0.25, 0.3) is 0 Å². The lowest BCUT2D eigenvalue weighted by Gasteiger charge is -2.42. The Hall–Kier alpha value is -2.56. The monoisotopic (exact) mass is 413 g/mol. The molecule has 0 amide bonds. The molecule has 1 aliphatic rings. The van der Waals surface area contributed by atoms with E-state index >= 15 is 0 Å². The molecule has 1 aliphatic heterocycles. The van der Waals surface area contributed by atoms with Crippen molar-refractivity contribution in [2.24, 2.45) is 0 Å².